The van der Waals surface area contributed by atoms with E-state index in [-0.39, 0.29) is 12.2 Å². The highest BCUT2D eigenvalue weighted by Gasteiger charge is 2.26. The molecule has 5 heteroatoms. The van der Waals surface area contributed by atoms with Crippen molar-refractivity contribution in [3.63, 3.8) is 0 Å². The summed E-state index contributed by atoms with van der Waals surface area (Å²) in [7, 11) is 2.17. The molecule has 130 valence electrons. The summed E-state index contributed by atoms with van der Waals surface area (Å²) < 4.78 is 7.62. The normalized spacial score (nSPS) is 17.8. The second-order valence-electron chi connectivity index (χ2n) is 6.68. The van der Waals surface area contributed by atoms with Crippen molar-refractivity contribution in [1.29, 1.82) is 0 Å². The fourth-order valence-corrected chi connectivity index (χ4v) is 3.88. The summed E-state index contributed by atoms with van der Waals surface area (Å²) in [5.41, 5.74) is 3.13. The molecule has 2 aromatic carbocycles. The number of aromatic amines is 1. The van der Waals surface area contributed by atoms with Crippen LogP contribution in [0.4, 0.5) is 0 Å². The average molecular weight is 400 g/mol. The van der Waals surface area contributed by atoms with Crippen LogP contribution in [0.3, 0.4) is 0 Å². The number of likely N-dealkylation sites (tertiary alicyclic amines) is 1. The molecule has 4 nitrogen and oxygen atoms in total. The molecule has 0 spiro atoms. The summed E-state index contributed by atoms with van der Waals surface area (Å²) in [5, 5.41) is 0. The first kappa shape index (κ1) is 16.8. The Morgan fingerprint density at radius 3 is 2.60 bits per heavy atom. The first-order valence-electron chi connectivity index (χ1n) is 8.74. The molecule has 0 bridgehead atoms. The third kappa shape index (κ3) is 3.64. The molecule has 3 aromatic rings. The fraction of sp³-hybridized carbons (Fsp3) is 0.350. The van der Waals surface area contributed by atoms with Crippen molar-refractivity contribution in [2.24, 2.45) is 0 Å². The van der Waals surface area contributed by atoms with Gasteiger partial charge in [-0.1, -0.05) is 46.3 Å². The zero-order chi connectivity index (χ0) is 17.2. The van der Waals surface area contributed by atoms with Gasteiger partial charge >= 0.3 is 0 Å². The molecule has 1 aliphatic heterocycles. The average Bonchev–Trinajstić information content (AvgIpc) is 3.06. The fourth-order valence-electron chi connectivity index (χ4n) is 3.38. The predicted molar refractivity (Wildman–Crippen MR) is 104 cm³/mol. The molecule has 2 heterocycles. The lowest BCUT2D eigenvalue weighted by Gasteiger charge is -2.31. The van der Waals surface area contributed by atoms with Gasteiger partial charge in [0.25, 0.3) is 0 Å². The van der Waals surface area contributed by atoms with E-state index in [1.54, 1.807) is 0 Å². The summed E-state index contributed by atoms with van der Waals surface area (Å²) >= 11 is 3.68. The first-order chi connectivity index (χ1) is 12.2. The molecule has 1 atom stereocenters. The van der Waals surface area contributed by atoms with E-state index in [0.29, 0.717) is 0 Å². The highest BCUT2D eigenvalue weighted by atomic mass is 79.9. The van der Waals surface area contributed by atoms with Crippen LogP contribution in [0.2, 0.25) is 0 Å². The van der Waals surface area contributed by atoms with Gasteiger partial charge in [-0.25, -0.2) is 4.98 Å². The van der Waals surface area contributed by atoms with Crippen LogP contribution < -0.4 is 0 Å². The minimum absolute atomic E-state index is 0.198. The van der Waals surface area contributed by atoms with Crippen molar-refractivity contribution < 1.29 is 4.74 Å². The number of para-hydroxylation sites is 2. The number of H-pyrrole nitrogens is 1. The molecule has 1 aromatic heterocycles. The number of piperidine rings is 1. The number of halogens is 1. The number of rotatable bonds is 4. The van der Waals surface area contributed by atoms with Crippen LogP contribution in [0.5, 0.6) is 0 Å². The smallest absolute Gasteiger partial charge is 0.142 e. The SMILES string of the molecule is CN1CCC(OC(c2nc3ccccc3[nH]2)c2ccccc2Br)CC1. The van der Waals surface area contributed by atoms with Crippen LogP contribution in [0, 0.1) is 0 Å². The van der Waals surface area contributed by atoms with Gasteiger partial charge in [0.05, 0.1) is 17.1 Å². The summed E-state index contributed by atoms with van der Waals surface area (Å²) in [6.07, 6.45) is 2.16. The molecule has 0 radical (unpaired) electrons. The molecule has 1 fully saturated rings. The molecular formula is C20H22BrN3O. The highest BCUT2D eigenvalue weighted by molar-refractivity contribution is 9.10. The lowest BCUT2D eigenvalue weighted by Crippen LogP contribution is -2.35. The van der Waals surface area contributed by atoms with E-state index in [2.05, 4.69) is 51.1 Å². The minimum Gasteiger partial charge on any atom is -0.362 e. The van der Waals surface area contributed by atoms with Crippen LogP contribution in [0.25, 0.3) is 11.0 Å². The van der Waals surface area contributed by atoms with E-state index in [9.17, 15) is 0 Å². The maximum atomic E-state index is 6.57. The zero-order valence-electron chi connectivity index (χ0n) is 14.3. The second kappa shape index (κ2) is 7.28. The van der Waals surface area contributed by atoms with E-state index in [1.165, 1.54) is 0 Å². The zero-order valence-corrected chi connectivity index (χ0v) is 15.9. The Kier molecular flexibility index (Phi) is 4.88. The molecule has 0 aliphatic carbocycles. The summed E-state index contributed by atoms with van der Waals surface area (Å²) in [5.74, 6) is 0.868. The number of benzene rings is 2. The number of nitrogens with zero attached hydrogens (tertiary/aromatic N) is 2. The van der Waals surface area contributed by atoms with E-state index in [1.807, 2.05) is 30.3 Å². The molecule has 0 saturated carbocycles. The Labute approximate surface area is 156 Å². The number of fused-ring (bicyclic) bond motifs is 1. The van der Waals surface area contributed by atoms with E-state index >= 15 is 0 Å². The van der Waals surface area contributed by atoms with Gasteiger partial charge in [0.2, 0.25) is 0 Å². The van der Waals surface area contributed by atoms with E-state index in [4.69, 9.17) is 9.72 Å². The maximum absolute atomic E-state index is 6.57. The van der Waals surface area contributed by atoms with Gasteiger partial charge in [0, 0.05) is 23.1 Å². The standard InChI is InChI=1S/C20H22BrN3O/c1-24-12-10-14(11-13-24)25-19(15-6-2-3-7-16(15)21)20-22-17-8-4-5-9-18(17)23-20/h2-9,14,19H,10-13H2,1H3,(H,22,23). The molecule has 0 amide bonds. The molecule has 4 rings (SSSR count). The Hall–Kier alpha value is -1.69. The quantitative estimate of drug-likeness (QED) is 0.700. The monoisotopic (exact) mass is 399 g/mol. The van der Waals surface area contributed by atoms with Crippen molar-refractivity contribution >= 4 is 27.0 Å². The number of ether oxygens (including phenoxy) is 1. The second-order valence-corrected chi connectivity index (χ2v) is 7.53. The van der Waals surface area contributed by atoms with Crippen molar-refractivity contribution in [1.82, 2.24) is 14.9 Å². The van der Waals surface area contributed by atoms with Crippen LogP contribution in [0.1, 0.15) is 30.3 Å². The van der Waals surface area contributed by atoms with Crippen LogP contribution in [0.15, 0.2) is 53.0 Å². The molecule has 1 N–H and O–H groups in total. The van der Waals surface area contributed by atoms with Gasteiger partial charge < -0.3 is 14.6 Å². The highest BCUT2D eigenvalue weighted by Crippen LogP contribution is 2.33. The van der Waals surface area contributed by atoms with Crippen LogP contribution in [-0.2, 0) is 4.74 Å². The number of aromatic nitrogens is 2. The lowest BCUT2D eigenvalue weighted by molar-refractivity contribution is -0.0266. The van der Waals surface area contributed by atoms with Gasteiger partial charge in [-0.15, -0.1) is 0 Å². The van der Waals surface area contributed by atoms with Crippen molar-refractivity contribution in [2.45, 2.75) is 25.0 Å². The Bertz CT molecular complexity index is 822. The van der Waals surface area contributed by atoms with Crippen molar-refractivity contribution in [3.05, 3.63) is 64.4 Å². The van der Waals surface area contributed by atoms with Crippen LogP contribution >= 0.6 is 15.9 Å². The lowest BCUT2D eigenvalue weighted by atomic mass is 10.1. The molecule has 1 saturated heterocycles. The van der Waals surface area contributed by atoms with Crippen molar-refractivity contribution in [2.75, 3.05) is 20.1 Å². The summed E-state index contributed by atoms with van der Waals surface area (Å²) in [6, 6.07) is 16.4. The topological polar surface area (TPSA) is 41.1 Å². The Morgan fingerprint density at radius 1 is 1.12 bits per heavy atom. The third-order valence-electron chi connectivity index (χ3n) is 4.84. The Balaban J connectivity index is 1.69. The third-order valence-corrected chi connectivity index (χ3v) is 5.56. The van der Waals surface area contributed by atoms with E-state index in [0.717, 1.165) is 52.8 Å². The molecule has 25 heavy (non-hydrogen) atoms. The number of imidazole rings is 1. The van der Waals surface area contributed by atoms with Crippen LogP contribution in [-0.4, -0.2) is 41.1 Å². The van der Waals surface area contributed by atoms with Crippen molar-refractivity contribution in [3.8, 4) is 0 Å². The largest absolute Gasteiger partial charge is 0.362 e. The van der Waals surface area contributed by atoms with Gasteiger partial charge in [-0.3, -0.25) is 0 Å². The van der Waals surface area contributed by atoms with Gasteiger partial charge in [0.15, 0.2) is 0 Å². The van der Waals surface area contributed by atoms with E-state index < -0.39 is 0 Å². The summed E-state index contributed by atoms with van der Waals surface area (Å²) in [4.78, 5) is 10.6. The number of hydrogen-bond acceptors (Lipinski definition) is 3. The predicted octanol–water partition coefficient (Wildman–Crippen LogP) is 4.53. The van der Waals surface area contributed by atoms with Gasteiger partial charge in [-0.2, -0.15) is 0 Å². The summed E-state index contributed by atoms with van der Waals surface area (Å²) in [6.45, 7) is 2.15. The molecule has 1 aliphatic rings. The minimum atomic E-state index is -0.198. The van der Waals surface area contributed by atoms with Gasteiger partial charge in [-0.05, 0) is 38.1 Å². The number of hydrogen-bond donors (Lipinski definition) is 1. The van der Waals surface area contributed by atoms with Gasteiger partial charge in [0.1, 0.15) is 11.9 Å². The molecular weight excluding hydrogens is 378 g/mol. The Morgan fingerprint density at radius 2 is 1.84 bits per heavy atom. The molecule has 1 unspecified atom stereocenters. The number of nitrogens with one attached hydrogen (secondary N) is 1. The first-order valence-corrected chi connectivity index (χ1v) is 9.53. The maximum Gasteiger partial charge on any atom is 0.142 e.